The number of halogens is 2. The molecule has 2 heterocycles. The number of hydrogen-bond acceptors (Lipinski definition) is 3. The zero-order chi connectivity index (χ0) is 9.80. The molecule has 0 aromatic carbocycles. The second-order valence-electron chi connectivity index (χ2n) is 2.56. The van der Waals surface area contributed by atoms with E-state index in [9.17, 15) is 0 Å². The molecule has 0 aliphatic heterocycles. The van der Waals surface area contributed by atoms with Gasteiger partial charge in [0.05, 0.1) is 5.02 Å². The van der Waals surface area contributed by atoms with E-state index in [4.69, 9.17) is 11.6 Å². The molecule has 0 saturated heterocycles. The van der Waals surface area contributed by atoms with Crippen molar-refractivity contribution in [3.8, 4) is 0 Å². The summed E-state index contributed by atoms with van der Waals surface area (Å²) in [5.41, 5.74) is 0. The standard InChI is InChI=1S/C10H7ClN2S.ClH/c11-8-4-3-7-13-10(8)14-9-5-1-2-6-12-9;/h1-7H;1H. The average Bonchev–Trinajstić information content (AvgIpc) is 2.23. The van der Waals surface area contributed by atoms with Crippen molar-refractivity contribution >= 4 is 35.8 Å². The Bertz CT molecular complexity index is 423. The lowest BCUT2D eigenvalue weighted by molar-refractivity contribution is 1.09. The largest absolute Gasteiger partial charge is 0.250 e. The van der Waals surface area contributed by atoms with Gasteiger partial charge in [0.2, 0.25) is 0 Å². The van der Waals surface area contributed by atoms with E-state index in [0.29, 0.717) is 5.02 Å². The lowest BCUT2D eigenvalue weighted by Crippen LogP contribution is -1.82. The minimum absolute atomic E-state index is 0. The zero-order valence-corrected chi connectivity index (χ0v) is 10.0. The zero-order valence-electron chi connectivity index (χ0n) is 7.63. The number of rotatable bonds is 2. The van der Waals surface area contributed by atoms with E-state index >= 15 is 0 Å². The summed E-state index contributed by atoms with van der Waals surface area (Å²) in [4.78, 5) is 8.34. The predicted octanol–water partition coefficient (Wildman–Crippen LogP) is 3.70. The van der Waals surface area contributed by atoms with Crippen molar-refractivity contribution < 1.29 is 0 Å². The van der Waals surface area contributed by atoms with E-state index in [-0.39, 0.29) is 12.4 Å². The Morgan fingerprint density at radius 3 is 2.47 bits per heavy atom. The third-order valence-corrected chi connectivity index (χ3v) is 2.95. The van der Waals surface area contributed by atoms with E-state index in [1.54, 1.807) is 12.4 Å². The maximum Gasteiger partial charge on any atom is 0.121 e. The van der Waals surface area contributed by atoms with Crippen molar-refractivity contribution in [1.82, 2.24) is 9.97 Å². The maximum absolute atomic E-state index is 5.96. The Kier molecular flexibility index (Phi) is 4.88. The number of hydrogen-bond donors (Lipinski definition) is 0. The molecular formula is C10H8Cl2N2S. The first-order valence-corrected chi connectivity index (χ1v) is 5.25. The molecular weight excluding hydrogens is 251 g/mol. The molecule has 2 rings (SSSR count). The van der Waals surface area contributed by atoms with E-state index in [1.165, 1.54) is 11.8 Å². The summed E-state index contributed by atoms with van der Waals surface area (Å²) in [6.45, 7) is 0. The van der Waals surface area contributed by atoms with Crippen LogP contribution in [0.15, 0.2) is 52.8 Å². The molecule has 2 aromatic rings. The molecule has 0 N–H and O–H groups in total. The van der Waals surface area contributed by atoms with Gasteiger partial charge in [0, 0.05) is 12.4 Å². The quantitative estimate of drug-likeness (QED) is 0.822. The molecule has 0 saturated carbocycles. The second kappa shape index (κ2) is 5.95. The monoisotopic (exact) mass is 258 g/mol. The Balaban J connectivity index is 0.00000112. The number of nitrogens with zero attached hydrogens (tertiary/aromatic N) is 2. The van der Waals surface area contributed by atoms with Crippen molar-refractivity contribution in [3.05, 3.63) is 47.7 Å². The van der Waals surface area contributed by atoms with Crippen molar-refractivity contribution in [1.29, 1.82) is 0 Å². The predicted molar refractivity (Wildman–Crippen MR) is 64.9 cm³/mol. The van der Waals surface area contributed by atoms with E-state index in [2.05, 4.69) is 9.97 Å². The van der Waals surface area contributed by atoms with Gasteiger partial charge in [-0.2, -0.15) is 0 Å². The molecule has 0 radical (unpaired) electrons. The van der Waals surface area contributed by atoms with Crippen molar-refractivity contribution in [2.75, 3.05) is 0 Å². The molecule has 0 fully saturated rings. The summed E-state index contributed by atoms with van der Waals surface area (Å²) in [5, 5.41) is 2.34. The second-order valence-corrected chi connectivity index (χ2v) is 3.98. The summed E-state index contributed by atoms with van der Waals surface area (Å²) >= 11 is 7.42. The van der Waals surface area contributed by atoms with E-state index in [1.807, 2.05) is 30.3 Å². The van der Waals surface area contributed by atoms with Gasteiger partial charge in [-0.25, -0.2) is 9.97 Å². The van der Waals surface area contributed by atoms with Crippen LogP contribution in [0.3, 0.4) is 0 Å². The first-order chi connectivity index (χ1) is 6.86. The van der Waals surface area contributed by atoms with Gasteiger partial charge in [0.25, 0.3) is 0 Å². The highest BCUT2D eigenvalue weighted by Gasteiger charge is 2.02. The van der Waals surface area contributed by atoms with E-state index < -0.39 is 0 Å². The van der Waals surface area contributed by atoms with Crippen LogP contribution in [0.4, 0.5) is 0 Å². The summed E-state index contributed by atoms with van der Waals surface area (Å²) in [6.07, 6.45) is 3.47. The third-order valence-electron chi connectivity index (χ3n) is 1.56. The smallest absolute Gasteiger partial charge is 0.121 e. The minimum Gasteiger partial charge on any atom is -0.250 e. The van der Waals surface area contributed by atoms with Gasteiger partial charge in [-0.3, -0.25) is 0 Å². The van der Waals surface area contributed by atoms with Crippen LogP contribution >= 0.6 is 35.8 Å². The topological polar surface area (TPSA) is 25.8 Å². The number of pyridine rings is 2. The van der Waals surface area contributed by atoms with Crippen LogP contribution in [0.2, 0.25) is 5.02 Å². The normalized spacial score (nSPS) is 9.40. The third kappa shape index (κ3) is 3.38. The van der Waals surface area contributed by atoms with E-state index in [0.717, 1.165) is 10.1 Å². The van der Waals surface area contributed by atoms with Crippen molar-refractivity contribution in [2.24, 2.45) is 0 Å². The van der Waals surface area contributed by atoms with Gasteiger partial charge >= 0.3 is 0 Å². The molecule has 78 valence electrons. The van der Waals surface area contributed by atoms with Crippen LogP contribution in [0.5, 0.6) is 0 Å². The Hall–Kier alpha value is -0.770. The van der Waals surface area contributed by atoms with Gasteiger partial charge in [0.1, 0.15) is 10.1 Å². The molecule has 0 atom stereocenters. The minimum atomic E-state index is 0. The van der Waals surface area contributed by atoms with Crippen LogP contribution in [0.25, 0.3) is 0 Å². The van der Waals surface area contributed by atoms with Crippen molar-refractivity contribution in [3.63, 3.8) is 0 Å². The highest BCUT2D eigenvalue weighted by Crippen LogP contribution is 2.29. The fraction of sp³-hybridized carbons (Fsp3) is 0. The molecule has 0 bridgehead atoms. The fourth-order valence-corrected chi connectivity index (χ4v) is 1.93. The van der Waals surface area contributed by atoms with Crippen molar-refractivity contribution in [2.45, 2.75) is 10.1 Å². The van der Waals surface area contributed by atoms with Crippen LogP contribution < -0.4 is 0 Å². The van der Waals surface area contributed by atoms with Gasteiger partial charge in [-0.15, -0.1) is 12.4 Å². The lowest BCUT2D eigenvalue weighted by Gasteiger charge is -2.00. The van der Waals surface area contributed by atoms with Crippen LogP contribution in [0.1, 0.15) is 0 Å². The Morgan fingerprint density at radius 1 is 1.00 bits per heavy atom. The average molecular weight is 259 g/mol. The Morgan fingerprint density at radius 2 is 1.80 bits per heavy atom. The highest BCUT2D eigenvalue weighted by molar-refractivity contribution is 7.99. The molecule has 0 aliphatic rings. The SMILES string of the molecule is Cl.Clc1cccnc1Sc1ccccn1. The van der Waals surface area contributed by atoms with Crippen LogP contribution in [0, 0.1) is 0 Å². The molecule has 5 heteroatoms. The summed E-state index contributed by atoms with van der Waals surface area (Å²) in [7, 11) is 0. The van der Waals surface area contributed by atoms with Gasteiger partial charge in [0.15, 0.2) is 0 Å². The molecule has 0 amide bonds. The van der Waals surface area contributed by atoms with Crippen LogP contribution in [-0.2, 0) is 0 Å². The first kappa shape index (κ1) is 12.3. The van der Waals surface area contributed by atoms with Gasteiger partial charge in [-0.05, 0) is 36.0 Å². The number of aromatic nitrogens is 2. The summed E-state index contributed by atoms with van der Waals surface area (Å²) < 4.78 is 0. The molecule has 15 heavy (non-hydrogen) atoms. The van der Waals surface area contributed by atoms with Gasteiger partial charge in [-0.1, -0.05) is 17.7 Å². The van der Waals surface area contributed by atoms with Gasteiger partial charge < -0.3 is 0 Å². The molecule has 2 nitrogen and oxygen atoms in total. The summed E-state index contributed by atoms with van der Waals surface area (Å²) in [6, 6.07) is 9.37. The summed E-state index contributed by atoms with van der Waals surface area (Å²) in [5.74, 6) is 0. The molecule has 0 unspecified atom stereocenters. The molecule has 2 aromatic heterocycles. The van der Waals surface area contributed by atoms with Crippen LogP contribution in [-0.4, -0.2) is 9.97 Å². The fourth-order valence-electron chi connectivity index (χ4n) is 0.953. The first-order valence-electron chi connectivity index (χ1n) is 4.05. The Labute approximate surface area is 104 Å². The lowest BCUT2D eigenvalue weighted by atomic mass is 10.5. The molecule has 0 aliphatic carbocycles. The maximum atomic E-state index is 5.96. The molecule has 0 spiro atoms. The highest BCUT2D eigenvalue weighted by atomic mass is 35.5.